The summed E-state index contributed by atoms with van der Waals surface area (Å²) in [4.78, 5) is 2.09. The lowest BCUT2D eigenvalue weighted by molar-refractivity contribution is 0.0214. The Hall–Kier alpha value is -1.12. The van der Waals surface area contributed by atoms with Crippen molar-refractivity contribution >= 4 is 0 Å². The molecule has 94 valence electrons. The van der Waals surface area contributed by atoms with Gasteiger partial charge in [-0.2, -0.15) is 0 Å². The highest BCUT2D eigenvalue weighted by molar-refractivity contribution is 5.24. The SMILES string of the molecule is C=C(C)CC(O)(CCN(C)C)c1ccccc1. The fourth-order valence-electron chi connectivity index (χ4n) is 1.99. The van der Waals surface area contributed by atoms with E-state index in [9.17, 15) is 5.11 Å². The Kier molecular flexibility index (Phi) is 4.91. The van der Waals surface area contributed by atoms with Gasteiger partial charge in [0.1, 0.15) is 0 Å². The second kappa shape index (κ2) is 5.99. The van der Waals surface area contributed by atoms with Gasteiger partial charge < -0.3 is 10.0 Å². The zero-order valence-corrected chi connectivity index (χ0v) is 11.1. The number of hydrogen-bond donors (Lipinski definition) is 1. The summed E-state index contributed by atoms with van der Waals surface area (Å²) in [7, 11) is 4.04. The van der Waals surface area contributed by atoms with Gasteiger partial charge in [0.2, 0.25) is 0 Å². The maximum atomic E-state index is 10.8. The van der Waals surface area contributed by atoms with E-state index in [1.165, 1.54) is 0 Å². The smallest absolute Gasteiger partial charge is 0.0945 e. The Labute approximate surface area is 105 Å². The van der Waals surface area contributed by atoms with E-state index in [1.54, 1.807) is 0 Å². The van der Waals surface area contributed by atoms with Crippen molar-refractivity contribution in [2.24, 2.45) is 0 Å². The first-order valence-corrected chi connectivity index (χ1v) is 6.01. The summed E-state index contributed by atoms with van der Waals surface area (Å²) < 4.78 is 0. The lowest BCUT2D eigenvalue weighted by Crippen LogP contribution is -2.30. The Balaban J connectivity index is 2.89. The van der Waals surface area contributed by atoms with Crippen LogP contribution in [0.1, 0.15) is 25.3 Å². The van der Waals surface area contributed by atoms with Gasteiger partial charge in [0.25, 0.3) is 0 Å². The molecule has 1 atom stereocenters. The predicted octanol–water partition coefficient (Wildman–Crippen LogP) is 2.79. The van der Waals surface area contributed by atoms with E-state index in [0.29, 0.717) is 6.42 Å². The molecule has 0 amide bonds. The van der Waals surface area contributed by atoms with Gasteiger partial charge in [-0.1, -0.05) is 35.9 Å². The molecule has 0 aliphatic heterocycles. The first-order valence-electron chi connectivity index (χ1n) is 6.01. The van der Waals surface area contributed by atoms with Crippen LogP contribution in [0.4, 0.5) is 0 Å². The van der Waals surface area contributed by atoms with Crippen molar-refractivity contribution in [2.75, 3.05) is 20.6 Å². The highest BCUT2D eigenvalue weighted by atomic mass is 16.3. The molecule has 0 spiro atoms. The minimum absolute atomic E-state index is 0.616. The van der Waals surface area contributed by atoms with Crippen LogP contribution in [0.15, 0.2) is 42.5 Å². The van der Waals surface area contributed by atoms with Gasteiger partial charge in [-0.25, -0.2) is 0 Å². The average Bonchev–Trinajstić information content (AvgIpc) is 2.27. The predicted molar refractivity (Wildman–Crippen MR) is 72.9 cm³/mol. The van der Waals surface area contributed by atoms with Crippen molar-refractivity contribution in [3.8, 4) is 0 Å². The number of nitrogens with zero attached hydrogens (tertiary/aromatic N) is 1. The molecule has 0 heterocycles. The number of hydrogen-bond acceptors (Lipinski definition) is 2. The number of rotatable bonds is 6. The van der Waals surface area contributed by atoms with E-state index in [-0.39, 0.29) is 0 Å². The van der Waals surface area contributed by atoms with Crippen LogP contribution in [0.25, 0.3) is 0 Å². The second-order valence-corrected chi connectivity index (χ2v) is 5.08. The van der Waals surface area contributed by atoms with Crippen LogP contribution in [0.5, 0.6) is 0 Å². The Morgan fingerprint density at radius 1 is 1.29 bits per heavy atom. The molecule has 0 aliphatic carbocycles. The topological polar surface area (TPSA) is 23.5 Å². The molecular weight excluding hydrogens is 210 g/mol. The first kappa shape index (κ1) is 13.9. The quantitative estimate of drug-likeness (QED) is 0.764. The van der Waals surface area contributed by atoms with E-state index < -0.39 is 5.60 Å². The maximum absolute atomic E-state index is 10.8. The van der Waals surface area contributed by atoms with Crippen molar-refractivity contribution in [1.29, 1.82) is 0 Å². The summed E-state index contributed by atoms with van der Waals surface area (Å²) in [5, 5.41) is 10.8. The average molecular weight is 233 g/mol. The van der Waals surface area contributed by atoms with E-state index in [1.807, 2.05) is 51.4 Å². The summed E-state index contributed by atoms with van der Waals surface area (Å²) in [6.45, 7) is 6.74. The third-order valence-electron chi connectivity index (χ3n) is 2.88. The molecule has 2 nitrogen and oxygen atoms in total. The molecular formula is C15H23NO. The van der Waals surface area contributed by atoms with Gasteiger partial charge in [-0.3, -0.25) is 0 Å². The molecule has 1 rings (SSSR count). The normalized spacial score (nSPS) is 14.6. The highest BCUT2D eigenvalue weighted by Crippen LogP contribution is 2.31. The maximum Gasteiger partial charge on any atom is 0.0945 e. The molecule has 0 bridgehead atoms. The van der Waals surface area contributed by atoms with Crippen LogP contribution in [-0.2, 0) is 5.60 Å². The van der Waals surface area contributed by atoms with Gasteiger partial charge >= 0.3 is 0 Å². The molecule has 0 fully saturated rings. The Morgan fingerprint density at radius 3 is 2.35 bits per heavy atom. The van der Waals surface area contributed by atoms with Crippen molar-refractivity contribution in [3.05, 3.63) is 48.0 Å². The van der Waals surface area contributed by atoms with E-state index in [0.717, 1.165) is 24.1 Å². The molecule has 17 heavy (non-hydrogen) atoms. The van der Waals surface area contributed by atoms with Crippen LogP contribution in [0, 0.1) is 0 Å². The van der Waals surface area contributed by atoms with Crippen LogP contribution in [0.2, 0.25) is 0 Å². The fraction of sp³-hybridized carbons (Fsp3) is 0.467. The molecule has 0 saturated carbocycles. The third-order valence-corrected chi connectivity index (χ3v) is 2.88. The molecule has 1 aromatic rings. The van der Waals surface area contributed by atoms with Gasteiger partial charge in [-0.05, 0) is 33.0 Å². The highest BCUT2D eigenvalue weighted by Gasteiger charge is 2.28. The molecule has 0 radical (unpaired) electrons. The zero-order valence-electron chi connectivity index (χ0n) is 11.1. The molecule has 0 aromatic heterocycles. The van der Waals surface area contributed by atoms with Crippen molar-refractivity contribution in [2.45, 2.75) is 25.4 Å². The fourth-order valence-corrected chi connectivity index (χ4v) is 1.99. The largest absolute Gasteiger partial charge is 0.385 e. The van der Waals surface area contributed by atoms with Gasteiger partial charge in [0.05, 0.1) is 5.60 Å². The summed E-state index contributed by atoms with van der Waals surface area (Å²) in [5.41, 5.74) is 1.19. The van der Waals surface area contributed by atoms with Crippen LogP contribution in [-0.4, -0.2) is 30.6 Å². The summed E-state index contributed by atoms with van der Waals surface area (Å²) >= 11 is 0. The monoisotopic (exact) mass is 233 g/mol. The van der Waals surface area contributed by atoms with Gasteiger partial charge in [0, 0.05) is 13.0 Å². The Bertz CT molecular complexity index is 358. The van der Waals surface area contributed by atoms with Crippen LogP contribution in [0.3, 0.4) is 0 Å². The van der Waals surface area contributed by atoms with E-state index >= 15 is 0 Å². The van der Waals surface area contributed by atoms with Crippen molar-refractivity contribution < 1.29 is 5.11 Å². The third kappa shape index (κ3) is 4.33. The zero-order chi connectivity index (χ0) is 12.9. The first-order chi connectivity index (χ1) is 7.94. The molecule has 1 N–H and O–H groups in total. The van der Waals surface area contributed by atoms with Crippen molar-refractivity contribution in [3.63, 3.8) is 0 Å². The molecule has 1 unspecified atom stereocenters. The summed E-state index contributed by atoms with van der Waals surface area (Å²) in [5.74, 6) is 0. The van der Waals surface area contributed by atoms with E-state index in [2.05, 4.69) is 11.5 Å². The molecule has 0 aliphatic rings. The molecule has 2 heteroatoms. The number of aliphatic hydroxyl groups is 1. The lowest BCUT2D eigenvalue weighted by atomic mass is 9.85. The standard InChI is InChI=1S/C15H23NO/c1-13(2)12-15(17,10-11-16(3)4)14-8-6-5-7-9-14/h5-9,17H,1,10-12H2,2-4H3. The van der Waals surface area contributed by atoms with E-state index in [4.69, 9.17) is 0 Å². The van der Waals surface area contributed by atoms with Crippen LogP contribution >= 0.6 is 0 Å². The summed E-state index contributed by atoms with van der Waals surface area (Å²) in [6.07, 6.45) is 1.34. The van der Waals surface area contributed by atoms with Crippen LogP contribution < -0.4 is 0 Å². The minimum Gasteiger partial charge on any atom is -0.385 e. The summed E-state index contributed by atoms with van der Waals surface area (Å²) in [6, 6.07) is 9.87. The molecule has 0 saturated heterocycles. The Morgan fingerprint density at radius 2 is 1.88 bits per heavy atom. The molecule has 1 aromatic carbocycles. The second-order valence-electron chi connectivity index (χ2n) is 5.08. The minimum atomic E-state index is -0.794. The number of benzene rings is 1. The lowest BCUT2D eigenvalue weighted by Gasteiger charge is -2.30. The van der Waals surface area contributed by atoms with Gasteiger partial charge in [0.15, 0.2) is 0 Å². The van der Waals surface area contributed by atoms with Gasteiger partial charge in [-0.15, -0.1) is 6.58 Å². The van der Waals surface area contributed by atoms with Crippen molar-refractivity contribution in [1.82, 2.24) is 4.90 Å².